The Kier molecular flexibility index (Phi) is 5.00. The summed E-state index contributed by atoms with van der Waals surface area (Å²) in [7, 11) is 0. The van der Waals surface area contributed by atoms with E-state index in [2.05, 4.69) is 15.3 Å². The van der Waals surface area contributed by atoms with Crippen molar-refractivity contribution in [2.75, 3.05) is 0 Å². The number of benzene rings is 1. The van der Waals surface area contributed by atoms with Crippen LogP contribution in [0.2, 0.25) is 0 Å². The highest BCUT2D eigenvalue weighted by atomic mass is 19.1. The Balaban J connectivity index is 1.78. The van der Waals surface area contributed by atoms with E-state index in [1.165, 1.54) is 16.7 Å². The predicted molar refractivity (Wildman–Crippen MR) is 106 cm³/mol. The number of amides is 1. The van der Waals surface area contributed by atoms with Crippen LogP contribution in [0, 0.1) is 5.82 Å². The number of carbonyl (C=O) groups is 1. The average molecular weight is 396 g/mol. The standard InChI is InChI=1S/C21H21FN4O3/c1-2-9-26-18-17(20(28)25-21(26)29)15(10-16(24-18)13-5-6-13)19(27)23-11-12-3-7-14(22)8-4-12/h3-4,7-8,10,13H,2,5-6,9,11H2,1H3,(H,23,27)(H,25,28,29). The lowest BCUT2D eigenvalue weighted by Crippen LogP contribution is -2.33. The Morgan fingerprint density at radius 2 is 2.00 bits per heavy atom. The second-order valence-electron chi connectivity index (χ2n) is 7.29. The molecule has 29 heavy (non-hydrogen) atoms. The fraction of sp³-hybridized carbons (Fsp3) is 0.333. The van der Waals surface area contributed by atoms with Crippen LogP contribution in [0.3, 0.4) is 0 Å². The lowest BCUT2D eigenvalue weighted by molar-refractivity contribution is 0.0952. The minimum absolute atomic E-state index is 0.110. The van der Waals surface area contributed by atoms with Gasteiger partial charge in [-0.2, -0.15) is 0 Å². The highest BCUT2D eigenvalue weighted by Crippen LogP contribution is 2.39. The number of H-pyrrole nitrogens is 1. The van der Waals surface area contributed by atoms with Gasteiger partial charge in [0.25, 0.3) is 11.5 Å². The van der Waals surface area contributed by atoms with Gasteiger partial charge in [-0.1, -0.05) is 19.1 Å². The van der Waals surface area contributed by atoms with Crippen molar-refractivity contribution in [3.05, 3.63) is 73.8 Å². The molecule has 0 unspecified atom stereocenters. The van der Waals surface area contributed by atoms with Crippen LogP contribution in [0.4, 0.5) is 4.39 Å². The Bertz CT molecular complexity index is 1190. The van der Waals surface area contributed by atoms with Gasteiger partial charge in [0.1, 0.15) is 5.82 Å². The van der Waals surface area contributed by atoms with Crippen LogP contribution in [0.1, 0.15) is 53.7 Å². The van der Waals surface area contributed by atoms with Gasteiger partial charge in [-0.25, -0.2) is 14.2 Å². The molecule has 7 nitrogen and oxygen atoms in total. The van der Waals surface area contributed by atoms with Crippen LogP contribution >= 0.6 is 0 Å². The monoisotopic (exact) mass is 396 g/mol. The number of carbonyl (C=O) groups excluding carboxylic acids is 1. The molecular formula is C21H21FN4O3. The third kappa shape index (κ3) is 3.83. The minimum atomic E-state index is -0.626. The Morgan fingerprint density at radius 3 is 2.66 bits per heavy atom. The lowest BCUT2D eigenvalue weighted by Gasteiger charge is -2.13. The second kappa shape index (κ2) is 7.62. The largest absolute Gasteiger partial charge is 0.348 e. The first kappa shape index (κ1) is 19.0. The molecule has 4 rings (SSSR count). The number of aryl methyl sites for hydroxylation is 1. The molecule has 1 saturated carbocycles. The number of fused-ring (bicyclic) bond motifs is 1. The summed E-state index contributed by atoms with van der Waals surface area (Å²) in [6, 6.07) is 7.46. The smallest absolute Gasteiger partial charge is 0.329 e. The molecule has 8 heteroatoms. The molecule has 0 radical (unpaired) electrons. The van der Waals surface area contributed by atoms with E-state index >= 15 is 0 Å². The van der Waals surface area contributed by atoms with Crippen LogP contribution in [-0.2, 0) is 13.1 Å². The number of hydrogen-bond donors (Lipinski definition) is 2. The van der Waals surface area contributed by atoms with Gasteiger partial charge < -0.3 is 5.32 Å². The van der Waals surface area contributed by atoms with E-state index in [1.54, 1.807) is 18.2 Å². The topological polar surface area (TPSA) is 96.9 Å². The highest BCUT2D eigenvalue weighted by Gasteiger charge is 2.28. The van der Waals surface area contributed by atoms with Crippen LogP contribution in [0.15, 0.2) is 39.9 Å². The molecule has 3 aromatic rings. The van der Waals surface area contributed by atoms with Crippen molar-refractivity contribution in [2.45, 2.75) is 45.2 Å². The van der Waals surface area contributed by atoms with Gasteiger partial charge in [0.05, 0.1) is 10.9 Å². The number of aromatic nitrogens is 3. The van der Waals surface area contributed by atoms with Crippen molar-refractivity contribution >= 4 is 16.9 Å². The molecule has 1 amide bonds. The van der Waals surface area contributed by atoms with Crippen molar-refractivity contribution in [2.24, 2.45) is 0 Å². The predicted octanol–water partition coefficient (Wildman–Crippen LogP) is 2.44. The van der Waals surface area contributed by atoms with Crippen LogP contribution in [-0.4, -0.2) is 20.4 Å². The van der Waals surface area contributed by atoms with E-state index < -0.39 is 17.2 Å². The second-order valence-corrected chi connectivity index (χ2v) is 7.29. The summed E-state index contributed by atoms with van der Waals surface area (Å²) in [6.45, 7) is 2.50. The number of nitrogens with one attached hydrogen (secondary N) is 2. The van der Waals surface area contributed by atoms with E-state index in [0.717, 1.165) is 24.1 Å². The quantitative estimate of drug-likeness (QED) is 0.669. The number of halogens is 1. The van der Waals surface area contributed by atoms with Crippen molar-refractivity contribution in [3.8, 4) is 0 Å². The summed E-state index contributed by atoms with van der Waals surface area (Å²) in [5.41, 5.74) is 0.750. The van der Waals surface area contributed by atoms with Crippen molar-refractivity contribution in [1.29, 1.82) is 0 Å². The zero-order valence-corrected chi connectivity index (χ0v) is 16.0. The normalized spacial score (nSPS) is 13.6. The average Bonchev–Trinajstić information content (AvgIpc) is 3.55. The molecule has 2 N–H and O–H groups in total. The maximum atomic E-state index is 13.1. The molecule has 0 atom stereocenters. The molecule has 2 aromatic heterocycles. The van der Waals surface area contributed by atoms with Gasteiger partial charge in [0.15, 0.2) is 5.65 Å². The number of hydrogen-bond acceptors (Lipinski definition) is 4. The Labute approximate surface area is 165 Å². The summed E-state index contributed by atoms with van der Waals surface area (Å²) < 4.78 is 14.5. The van der Waals surface area contributed by atoms with Gasteiger partial charge in [0.2, 0.25) is 0 Å². The molecule has 0 aliphatic heterocycles. The molecule has 1 aliphatic carbocycles. The molecule has 2 heterocycles. The van der Waals surface area contributed by atoms with Gasteiger partial charge in [-0.3, -0.25) is 19.1 Å². The number of pyridine rings is 1. The van der Waals surface area contributed by atoms with Gasteiger partial charge >= 0.3 is 5.69 Å². The maximum Gasteiger partial charge on any atom is 0.329 e. The summed E-state index contributed by atoms with van der Waals surface area (Å²) in [4.78, 5) is 44.7. The molecule has 0 saturated heterocycles. The molecule has 150 valence electrons. The third-order valence-electron chi connectivity index (χ3n) is 5.02. The summed E-state index contributed by atoms with van der Waals surface area (Å²) >= 11 is 0. The summed E-state index contributed by atoms with van der Waals surface area (Å²) in [5.74, 6) is -0.543. The molecule has 0 bridgehead atoms. The SMILES string of the molecule is CCCn1c(=O)[nH]c(=O)c2c(C(=O)NCc3ccc(F)cc3)cc(C3CC3)nc21. The summed E-state index contributed by atoms with van der Waals surface area (Å²) in [6.07, 6.45) is 2.62. The van der Waals surface area contributed by atoms with Gasteiger partial charge in [0, 0.05) is 24.7 Å². The van der Waals surface area contributed by atoms with Crippen LogP contribution in [0.5, 0.6) is 0 Å². The molecular weight excluding hydrogens is 375 g/mol. The Morgan fingerprint density at radius 1 is 1.28 bits per heavy atom. The van der Waals surface area contributed by atoms with E-state index in [1.807, 2.05) is 6.92 Å². The highest BCUT2D eigenvalue weighted by molar-refractivity contribution is 6.05. The summed E-state index contributed by atoms with van der Waals surface area (Å²) in [5, 5.41) is 2.89. The zero-order valence-electron chi connectivity index (χ0n) is 16.0. The first-order valence-electron chi connectivity index (χ1n) is 9.68. The van der Waals surface area contributed by atoms with Crippen LogP contribution in [0.25, 0.3) is 11.0 Å². The van der Waals surface area contributed by atoms with Crippen molar-refractivity contribution in [1.82, 2.24) is 19.9 Å². The fourth-order valence-electron chi connectivity index (χ4n) is 3.37. The molecule has 1 aliphatic rings. The third-order valence-corrected chi connectivity index (χ3v) is 5.02. The van der Waals surface area contributed by atoms with E-state index in [4.69, 9.17) is 0 Å². The van der Waals surface area contributed by atoms with E-state index in [-0.39, 0.29) is 34.9 Å². The van der Waals surface area contributed by atoms with E-state index in [9.17, 15) is 18.8 Å². The fourth-order valence-corrected chi connectivity index (χ4v) is 3.37. The lowest BCUT2D eigenvalue weighted by atomic mass is 10.1. The van der Waals surface area contributed by atoms with Gasteiger partial charge in [-0.15, -0.1) is 0 Å². The minimum Gasteiger partial charge on any atom is -0.348 e. The maximum absolute atomic E-state index is 13.1. The molecule has 1 fully saturated rings. The zero-order chi connectivity index (χ0) is 20.5. The van der Waals surface area contributed by atoms with Crippen molar-refractivity contribution < 1.29 is 9.18 Å². The number of nitrogens with zero attached hydrogens (tertiary/aromatic N) is 2. The first-order valence-corrected chi connectivity index (χ1v) is 9.68. The van der Waals surface area contributed by atoms with E-state index in [0.29, 0.717) is 13.0 Å². The van der Waals surface area contributed by atoms with Crippen LogP contribution < -0.4 is 16.6 Å². The molecule has 0 spiro atoms. The number of aromatic amines is 1. The first-order chi connectivity index (χ1) is 14.0. The van der Waals surface area contributed by atoms with Crippen molar-refractivity contribution in [3.63, 3.8) is 0 Å². The van der Waals surface area contributed by atoms with Gasteiger partial charge in [-0.05, 0) is 43.0 Å². The Hall–Kier alpha value is -3.29. The molecule has 1 aromatic carbocycles. The number of rotatable bonds is 6.